The van der Waals surface area contributed by atoms with Crippen molar-refractivity contribution in [2.45, 2.75) is 20.4 Å². The van der Waals surface area contributed by atoms with Gasteiger partial charge in [-0.15, -0.1) is 0 Å². The molecule has 0 spiro atoms. The van der Waals surface area contributed by atoms with Crippen molar-refractivity contribution in [2.24, 2.45) is 0 Å². The van der Waals surface area contributed by atoms with Crippen LogP contribution in [0, 0.1) is 0 Å². The van der Waals surface area contributed by atoms with Crippen LogP contribution in [-0.2, 0) is 16.1 Å². The monoisotopic (exact) mass is 274 g/mol. The Morgan fingerprint density at radius 3 is 2.45 bits per heavy atom. The van der Waals surface area contributed by atoms with Crippen LogP contribution in [0.4, 0.5) is 0 Å². The second kappa shape index (κ2) is 7.10. The highest BCUT2D eigenvalue weighted by molar-refractivity contribution is 5.93. The molecule has 1 aliphatic heterocycles. The van der Waals surface area contributed by atoms with E-state index in [0.717, 1.165) is 31.0 Å². The van der Waals surface area contributed by atoms with Crippen LogP contribution < -0.4 is 5.32 Å². The fourth-order valence-electron chi connectivity index (χ4n) is 2.43. The summed E-state index contributed by atoms with van der Waals surface area (Å²) in [4.78, 5) is 14.0. The Morgan fingerprint density at radius 2 is 1.85 bits per heavy atom. The number of nitrogens with zero attached hydrogens (tertiary/aromatic N) is 1. The number of rotatable bonds is 5. The van der Waals surface area contributed by atoms with Gasteiger partial charge in [-0.25, -0.2) is 0 Å². The van der Waals surface area contributed by atoms with Gasteiger partial charge in [-0.2, -0.15) is 0 Å². The van der Waals surface area contributed by atoms with Crippen molar-refractivity contribution in [2.75, 3.05) is 26.3 Å². The zero-order valence-corrected chi connectivity index (χ0v) is 12.2. The molecule has 2 rings (SSSR count). The van der Waals surface area contributed by atoms with Gasteiger partial charge in [-0.1, -0.05) is 30.3 Å². The predicted molar refractivity (Wildman–Crippen MR) is 79.1 cm³/mol. The first kappa shape index (κ1) is 14.6. The zero-order chi connectivity index (χ0) is 14.4. The van der Waals surface area contributed by atoms with Crippen LogP contribution in [0.5, 0.6) is 0 Å². The molecule has 108 valence electrons. The molecule has 1 aromatic carbocycles. The lowest BCUT2D eigenvalue weighted by Crippen LogP contribution is -2.39. The van der Waals surface area contributed by atoms with Crippen molar-refractivity contribution in [1.29, 1.82) is 0 Å². The average molecular weight is 274 g/mol. The number of allylic oxidation sites excluding steroid dienone is 2. The molecule has 4 heteroatoms. The summed E-state index contributed by atoms with van der Waals surface area (Å²) in [7, 11) is 0. The molecular weight excluding hydrogens is 252 g/mol. The van der Waals surface area contributed by atoms with Gasteiger partial charge in [0.1, 0.15) is 0 Å². The maximum atomic E-state index is 11.9. The van der Waals surface area contributed by atoms with E-state index < -0.39 is 0 Å². The normalized spacial score (nSPS) is 16.6. The van der Waals surface area contributed by atoms with Gasteiger partial charge in [-0.3, -0.25) is 4.79 Å². The van der Waals surface area contributed by atoms with Crippen LogP contribution in [0.25, 0.3) is 0 Å². The number of ether oxygens (including phenoxy) is 1. The second-order valence-electron chi connectivity index (χ2n) is 4.97. The van der Waals surface area contributed by atoms with Crippen molar-refractivity contribution in [3.8, 4) is 0 Å². The standard InChI is InChI=1S/C16H22N2O2/c1-13(17-12-15-6-4-3-5-7-15)16(14(2)19)18-8-10-20-11-9-18/h3-7,17H,8-12H2,1-2H3/b16-13+. The third kappa shape index (κ3) is 3.84. The van der Waals surface area contributed by atoms with Crippen molar-refractivity contribution >= 4 is 5.78 Å². The molecule has 1 aromatic rings. The van der Waals surface area contributed by atoms with Gasteiger partial charge >= 0.3 is 0 Å². The van der Waals surface area contributed by atoms with Gasteiger partial charge in [0.25, 0.3) is 0 Å². The molecule has 0 radical (unpaired) electrons. The summed E-state index contributed by atoms with van der Waals surface area (Å²) in [5, 5.41) is 3.35. The summed E-state index contributed by atoms with van der Waals surface area (Å²) >= 11 is 0. The number of hydrogen-bond donors (Lipinski definition) is 1. The molecular formula is C16H22N2O2. The van der Waals surface area contributed by atoms with E-state index in [9.17, 15) is 4.79 Å². The molecule has 0 bridgehead atoms. The van der Waals surface area contributed by atoms with Gasteiger partial charge in [0.05, 0.1) is 18.9 Å². The maximum absolute atomic E-state index is 11.9. The van der Waals surface area contributed by atoms with Crippen LogP contribution in [0.1, 0.15) is 19.4 Å². The lowest BCUT2D eigenvalue weighted by Gasteiger charge is -2.31. The minimum atomic E-state index is 0.102. The summed E-state index contributed by atoms with van der Waals surface area (Å²) in [5.74, 6) is 0.102. The number of morpholine rings is 1. The lowest BCUT2D eigenvalue weighted by molar-refractivity contribution is -0.115. The van der Waals surface area contributed by atoms with E-state index in [1.54, 1.807) is 6.92 Å². The van der Waals surface area contributed by atoms with E-state index in [2.05, 4.69) is 22.3 Å². The third-order valence-electron chi connectivity index (χ3n) is 3.42. The fourth-order valence-corrected chi connectivity index (χ4v) is 2.43. The SMILES string of the molecule is CC(=O)/C(=C(/C)NCc1ccccc1)N1CCOCC1. The van der Waals surface area contributed by atoms with Crippen LogP contribution in [-0.4, -0.2) is 37.0 Å². The van der Waals surface area contributed by atoms with Gasteiger partial charge in [-0.05, 0) is 12.5 Å². The zero-order valence-electron chi connectivity index (χ0n) is 12.2. The Kier molecular flexibility index (Phi) is 5.18. The molecule has 1 saturated heterocycles. The number of Topliss-reactive ketones (excluding diaryl/α,β-unsaturated/α-hetero) is 1. The van der Waals surface area contributed by atoms with Gasteiger partial charge in [0.15, 0.2) is 5.78 Å². The Balaban J connectivity index is 2.06. The largest absolute Gasteiger partial charge is 0.383 e. The van der Waals surface area contributed by atoms with Crippen LogP contribution in [0.3, 0.4) is 0 Å². The number of benzene rings is 1. The first-order valence-corrected chi connectivity index (χ1v) is 7.01. The highest BCUT2D eigenvalue weighted by Gasteiger charge is 2.19. The topological polar surface area (TPSA) is 41.6 Å². The van der Waals surface area contributed by atoms with E-state index in [1.165, 1.54) is 5.56 Å². The predicted octanol–water partition coefficient (Wildman–Crippen LogP) is 1.93. The van der Waals surface area contributed by atoms with Crippen LogP contribution >= 0.6 is 0 Å². The minimum Gasteiger partial charge on any atom is -0.383 e. The summed E-state index contributed by atoms with van der Waals surface area (Å²) in [6.45, 7) is 7.24. The molecule has 0 aromatic heterocycles. The average Bonchev–Trinajstić information content (AvgIpc) is 2.47. The number of carbonyl (C=O) groups is 1. The molecule has 20 heavy (non-hydrogen) atoms. The summed E-state index contributed by atoms with van der Waals surface area (Å²) in [6, 6.07) is 10.2. The number of ketones is 1. The Bertz CT molecular complexity index is 477. The Labute approximate surface area is 120 Å². The highest BCUT2D eigenvalue weighted by Crippen LogP contribution is 2.13. The maximum Gasteiger partial charge on any atom is 0.177 e. The van der Waals surface area contributed by atoms with E-state index in [-0.39, 0.29) is 5.78 Å². The van der Waals surface area contributed by atoms with Crippen molar-refractivity contribution < 1.29 is 9.53 Å². The van der Waals surface area contributed by atoms with E-state index in [1.807, 2.05) is 25.1 Å². The number of hydrogen-bond acceptors (Lipinski definition) is 4. The third-order valence-corrected chi connectivity index (χ3v) is 3.42. The first-order chi connectivity index (χ1) is 9.68. The molecule has 0 unspecified atom stereocenters. The van der Waals surface area contributed by atoms with Crippen LogP contribution in [0.15, 0.2) is 41.7 Å². The van der Waals surface area contributed by atoms with Gasteiger partial charge in [0.2, 0.25) is 0 Å². The summed E-state index contributed by atoms with van der Waals surface area (Å²) < 4.78 is 5.34. The molecule has 1 heterocycles. The molecule has 1 N–H and O–H groups in total. The smallest absolute Gasteiger partial charge is 0.177 e. The molecule has 0 atom stereocenters. The number of nitrogens with one attached hydrogen (secondary N) is 1. The molecule has 0 aliphatic carbocycles. The van der Waals surface area contributed by atoms with Crippen LogP contribution in [0.2, 0.25) is 0 Å². The molecule has 1 fully saturated rings. The molecule has 0 amide bonds. The first-order valence-electron chi connectivity index (χ1n) is 7.01. The van der Waals surface area contributed by atoms with Crippen molar-refractivity contribution in [3.63, 3.8) is 0 Å². The Hall–Kier alpha value is -1.81. The molecule has 1 aliphatic rings. The lowest BCUT2D eigenvalue weighted by atomic mass is 10.2. The quantitative estimate of drug-likeness (QED) is 0.833. The highest BCUT2D eigenvalue weighted by atomic mass is 16.5. The van der Waals surface area contributed by atoms with E-state index >= 15 is 0 Å². The summed E-state index contributed by atoms with van der Waals surface area (Å²) in [6.07, 6.45) is 0. The molecule has 4 nitrogen and oxygen atoms in total. The Morgan fingerprint density at radius 1 is 1.20 bits per heavy atom. The van der Waals surface area contributed by atoms with Gasteiger partial charge < -0.3 is 15.0 Å². The summed E-state index contributed by atoms with van der Waals surface area (Å²) in [5.41, 5.74) is 2.92. The number of carbonyl (C=O) groups excluding carboxylic acids is 1. The fraction of sp³-hybridized carbons (Fsp3) is 0.438. The van der Waals surface area contributed by atoms with Crippen molar-refractivity contribution in [1.82, 2.24) is 10.2 Å². The van der Waals surface area contributed by atoms with E-state index in [4.69, 9.17) is 4.74 Å². The van der Waals surface area contributed by atoms with E-state index in [0.29, 0.717) is 13.2 Å². The van der Waals surface area contributed by atoms with Gasteiger partial charge in [0, 0.05) is 32.3 Å². The second-order valence-corrected chi connectivity index (χ2v) is 4.97. The van der Waals surface area contributed by atoms with Crippen molar-refractivity contribution in [3.05, 3.63) is 47.3 Å². The minimum absolute atomic E-state index is 0.102. The molecule has 0 saturated carbocycles.